The van der Waals surface area contributed by atoms with E-state index >= 15 is 0 Å². The average Bonchev–Trinajstić information content (AvgIpc) is 3.39. The van der Waals surface area contributed by atoms with Crippen LogP contribution in [0.25, 0.3) is 44.2 Å². The van der Waals surface area contributed by atoms with Crippen LogP contribution in [0.15, 0.2) is 105 Å². The third kappa shape index (κ3) is 8.82. The van der Waals surface area contributed by atoms with Crippen LogP contribution in [0.5, 0.6) is 23.0 Å². The molecule has 0 amide bonds. The molecule has 1 atom stereocenters. The maximum absolute atomic E-state index is 7.68. The second-order valence-corrected chi connectivity index (χ2v) is 24.7. The molecule has 0 radical (unpaired) electrons. The van der Waals surface area contributed by atoms with Crippen molar-refractivity contribution >= 4 is 49.5 Å². The second kappa shape index (κ2) is 17.1. The quantitative estimate of drug-likeness (QED) is 0.148. The largest absolute Gasteiger partial charge is 0.497 e. The minimum atomic E-state index is -2.14. The Morgan fingerprint density at radius 1 is 0.470 bits per heavy atom. The van der Waals surface area contributed by atoms with Crippen molar-refractivity contribution < 1.29 is 26.9 Å². The molecule has 0 saturated carbocycles. The highest BCUT2D eigenvalue weighted by Gasteiger charge is 2.36. The van der Waals surface area contributed by atoms with Crippen molar-refractivity contribution in [2.75, 3.05) is 25.9 Å². The molecule has 1 aliphatic rings. The van der Waals surface area contributed by atoms with E-state index in [2.05, 4.69) is 194 Å². The Balaban J connectivity index is 1.46. The molecule has 0 bridgehead atoms. The van der Waals surface area contributed by atoms with Crippen molar-refractivity contribution in [2.24, 2.45) is 0 Å². The Morgan fingerprint density at radius 2 is 0.894 bits per heavy atom. The normalized spacial score (nSPS) is 14.3. The fourth-order valence-electron chi connectivity index (χ4n) is 9.00. The van der Waals surface area contributed by atoms with E-state index in [-0.39, 0.29) is 21.7 Å². The van der Waals surface area contributed by atoms with Crippen LogP contribution in [0.2, 0.25) is 0 Å². The van der Waals surface area contributed by atoms with E-state index in [0.29, 0.717) is 16.9 Å². The van der Waals surface area contributed by atoms with E-state index in [4.69, 9.17) is 26.9 Å². The number of hydrogen-bond donors (Lipinski definition) is 0. The molecule has 0 N–H and O–H groups in total. The van der Waals surface area contributed by atoms with Crippen LogP contribution >= 0.6 is 16.5 Å². The summed E-state index contributed by atoms with van der Waals surface area (Å²) < 4.78 is 44.0. The molecular formula is C57H67NO6P2. The van der Waals surface area contributed by atoms with Gasteiger partial charge in [0.1, 0.15) is 34.2 Å². The molecule has 9 heteroatoms. The van der Waals surface area contributed by atoms with Crippen LogP contribution in [0.4, 0.5) is 5.69 Å². The van der Waals surface area contributed by atoms with Crippen molar-refractivity contribution in [1.82, 2.24) is 0 Å². The molecule has 346 valence electrons. The second-order valence-electron chi connectivity index (χ2n) is 21.9. The van der Waals surface area contributed by atoms with Crippen molar-refractivity contribution in [3.05, 3.63) is 130 Å². The maximum Gasteiger partial charge on any atom is 0.453 e. The Bertz CT molecular complexity index is 2960. The summed E-state index contributed by atoms with van der Waals surface area (Å²) in [5.41, 5.74) is 11.9. The number of aryl methyl sites for hydroxylation is 2. The number of anilines is 1. The molecule has 1 unspecified atom stereocenters. The van der Waals surface area contributed by atoms with Gasteiger partial charge in [-0.25, -0.2) is 0 Å². The van der Waals surface area contributed by atoms with E-state index in [1.807, 2.05) is 12.1 Å². The van der Waals surface area contributed by atoms with Gasteiger partial charge >= 0.3 is 8.24 Å². The minimum Gasteiger partial charge on any atom is -0.497 e. The van der Waals surface area contributed by atoms with Gasteiger partial charge in [-0.3, -0.25) is 0 Å². The van der Waals surface area contributed by atoms with Crippen LogP contribution in [0, 0.1) is 13.8 Å². The fourth-order valence-corrected chi connectivity index (χ4v) is 12.0. The molecule has 0 aliphatic carbocycles. The lowest BCUT2D eigenvalue weighted by atomic mass is 9.80. The molecule has 66 heavy (non-hydrogen) atoms. The molecular weight excluding hydrogens is 857 g/mol. The van der Waals surface area contributed by atoms with Crippen LogP contribution in [0.1, 0.15) is 116 Å². The van der Waals surface area contributed by atoms with Gasteiger partial charge in [-0.1, -0.05) is 132 Å². The van der Waals surface area contributed by atoms with E-state index < -0.39 is 16.5 Å². The first-order valence-corrected chi connectivity index (χ1v) is 25.2. The number of hydrogen-bond acceptors (Lipinski definition) is 7. The van der Waals surface area contributed by atoms with E-state index in [1.165, 1.54) is 16.4 Å². The Morgan fingerprint density at radius 3 is 1.35 bits per heavy atom. The summed E-state index contributed by atoms with van der Waals surface area (Å²) in [4.78, 5) is 0. The number of fused-ring (bicyclic) bond motifs is 6. The number of ether oxygens (including phenoxy) is 2. The third-order valence-corrected chi connectivity index (χ3v) is 15.4. The SMILES string of the molecule is COc1cc(C(C)(C)C)c2op(Oc3c(-c4cc(C)cc(C(C)(C)C)c4OP4c5ccccc5-c5ccccc5N4C)cc(C)cc3C(C)(C)C)oc3c(C(C)(C)C)cc(OC)cc3c2c1. The zero-order valence-electron chi connectivity index (χ0n) is 42.0. The van der Waals surface area contributed by atoms with Gasteiger partial charge in [0.05, 0.1) is 19.9 Å². The highest BCUT2D eigenvalue weighted by molar-refractivity contribution is 7.63. The highest BCUT2D eigenvalue weighted by atomic mass is 31.2. The summed E-state index contributed by atoms with van der Waals surface area (Å²) in [6, 6.07) is 34.6. The molecule has 1 aromatic heterocycles. The van der Waals surface area contributed by atoms with Gasteiger partial charge in [0, 0.05) is 62.1 Å². The molecule has 0 spiro atoms. The minimum absolute atomic E-state index is 0.269. The molecule has 0 saturated heterocycles. The zero-order chi connectivity index (χ0) is 47.8. The van der Waals surface area contributed by atoms with Crippen molar-refractivity contribution in [2.45, 2.75) is 119 Å². The predicted octanol–water partition coefficient (Wildman–Crippen LogP) is 16.8. The number of benzene rings is 6. The van der Waals surface area contributed by atoms with Gasteiger partial charge in [-0.05, 0) is 101 Å². The summed E-state index contributed by atoms with van der Waals surface area (Å²) in [5.74, 6) is 3.00. The summed E-state index contributed by atoms with van der Waals surface area (Å²) in [6.07, 6.45) is 0. The van der Waals surface area contributed by atoms with Crippen molar-refractivity contribution in [3.63, 3.8) is 0 Å². The third-order valence-electron chi connectivity index (χ3n) is 12.5. The zero-order valence-corrected chi connectivity index (χ0v) is 43.8. The van der Waals surface area contributed by atoms with Crippen LogP contribution in [0.3, 0.4) is 0 Å². The summed E-state index contributed by atoms with van der Waals surface area (Å²) >= 11 is 0. The monoisotopic (exact) mass is 923 g/mol. The van der Waals surface area contributed by atoms with Gasteiger partial charge < -0.3 is 31.6 Å². The Kier molecular flexibility index (Phi) is 12.2. The van der Waals surface area contributed by atoms with Crippen LogP contribution < -0.4 is 28.5 Å². The Hall–Kier alpha value is -5.35. The van der Waals surface area contributed by atoms with E-state index in [9.17, 15) is 0 Å². The fraction of sp³-hybridized carbons (Fsp3) is 0.368. The number of para-hydroxylation sites is 1. The summed E-state index contributed by atoms with van der Waals surface area (Å²) in [6.45, 7) is 31.0. The van der Waals surface area contributed by atoms with E-state index in [1.54, 1.807) is 14.2 Å². The van der Waals surface area contributed by atoms with Crippen molar-refractivity contribution in [1.29, 1.82) is 0 Å². The predicted molar refractivity (Wildman–Crippen MR) is 279 cm³/mol. The molecule has 1 aliphatic heterocycles. The first kappa shape index (κ1) is 47.2. The standard InChI is InChI=1S/C57H67NO6P2/c1-34-26-40(50(44(28-34)54(3,4)5)61-65-49-25-21-19-23-39(49)38-22-18-20-24-48(38)58(65)15)41-27-35(2)29-45(55(6,7)8)51(41)62-66-63-52-42(30-36(59-16)32-46(52)56(9,10)11)43-31-37(60-17)33-47(53(43)64-66)57(12,13)14/h18-33H,1-17H3. The lowest BCUT2D eigenvalue weighted by molar-refractivity contribution is 0.413. The first-order chi connectivity index (χ1) is 30.9. The maximum atomic E-state index is 7.68. The smallest absolute Gasteiger partial charge is 0.453 e. The molecule has 0 fully saturated rings. The summed E-state index contributed by atoms with van der Waals surface area (Å²) in [5, 5.41) is 2.89. The molecule has 2 heterocycles. The number of rotatable bonds is 7. The van der Waals surface area contributed by atoms with Gasteiger partial charge in [0.15, 0.2) is 0 Å². The van der Waals surface area contributed by atoms with Gasteiger partial charge in [0.2, 0.25) is 8.30 Å². The summed E-state index contributed by atoms with van der Waals surface area (Å²) in [7, 11) is 2.10. The van der Waals surface area contributed by atoms with Gasteiger partial charge in [-0.15, -0.1) is 0 Å². The Labute approximate surface area is 395 Å². The highest BCUT2D eigenvalue weighted by Crippen LogP contribution is 2.57. The number of nitrogens with zero attached hydrogens (tertiary/aromatic N) is 1. The molecule has 7 aromatic rings. The average molecular weight is 924 g/mol. The molecule has 6 aromatic carbocycles. The van der Waals surface area contributed by atoms with Crippen LogP contribution in [-0.2, 0) is 21.7 Å². The lowest BCUT2D eigenvalue weighted by Gasteiger charge is -2.38. The van der Waals surface area contributed by atoms with Gasteiger partial charge in [0.25, 0.3) is 0 Å². The van der Waals surface area contributed by atoms with Crippen molar-refractivity contribution in [3.8, 4) is 45.3 Å². The number of methoxy groups -OCH3 is 2. The molecule has 7 nitrogen and oxygen atoms in total. The molecule has 8 rings (SSSR count). The topological polar surface area (TPSA) is 66.4 Å². The van der Waals surface area contributed by atoms with Gasteiger partial charge in [-0.2, -0.15) is 0 Å². The lowest BCUT2D eigenvalue weighted by Crippen LogP contribution is -2.28. The first-order valence-electron chi connectivity index (χ1n) is 22.9. The van der Waals surface area contributed by atoms with Crippen LogP contribution in [-0.4, -0.2) is 21.3 Å². The van der Waals surface area contributed by atoms with E-state index in [0.717, 1.165) is 78.2 Å².